The van der Waals surface area contributed by atoms with Gasteiger partial charge in [-0.3, -0.25) is 0 Å². The molecule has 152 valence electrons. The van der Waals surface area contributed by atoms with Crippen LogP contribution < -0.4 is 0 Å². The van der Waals surface area contributed by atoms with Crippen LogP contribution >= 0.6 is 45.2 Å². The van der Waals surface area contributed by atoms with Crippen molar-refractivity contribution in [2.45, 2.75) is 79.1 Å². The Kier molecular flexibility index (Phi) is 8.50. The van der Waals surface area contributed by atoms with E-state index in [4.69, 9.17) is 10.2 Å². The number of hydrogen-bond donors (Lipinski definition) is 0. The first-order valence-electron chi connectivity index (χ1n) is 10.1. The summed E-state index contributed by atoms with van der Waals surface area (Å²) in [6.07, 6.45) is 0. The van der Waals surface area contributed by atoms with Gasteiger partial charge in [0.2, 0.25) is 0 Å². The van der Waals surface area contributed by atoms with Crippen LogP contribution in [0, 0.1) is 7.14 Å². The Morgan fingerprint density at radius 2 is 0.714 bits per heavy atom. The normalized spacial score (nSPS) is 12.4. The SMILES string of the molecule is CC(C)c1cc(I)cc(C(C)C)c1/N=N/c1c(C(C)C)cc(I)cc1C(C)C. The third kappa shape index (κ3) is 5.55. The molecule has 0 saturated carbocycles. The highest BCUT2D eigenvalue weighted by atomic mass is 127. The average molecular weight is 602 g/mol. The Bertz CT molecular complexity index is 735. The molecule has 0 spiro atoms. The molecule has 2 aromatic carbocycles. The summed E-state index contributed by atoms with van der Waals surface area (Å²) in [5.74, 6) is 1.64. The molecular weight excluding hydrogens is 570 g/mol. The minimum Gasteiger partial charge on any atom is -0.150 e. The van der Waals surface area contributed by atoms with E-state index in [1.807, 2.05) is 0 Å². The lowest BCUT2D eigenvalue weighted by Crippen LogP contribution is -1.98. The molecule has 0 N–H and O–H groups in total. The van der Waals surface area contributed by atoms with Crippen molar-refractivity contribution in [1.29, 1.82) is 0 Å². The molecule has 0 aliphatic rings. The second-order valence-corrected chi connectivity index (χ2v) is 11.2. The Balaban J connectivity index is 2.73. The van der Waals surface area contributed by atoms with E-state index in [9.17, 15) is 0 Å². The molecule has 0 unspecified atom stereocenters. The summed E-state index contributed by atoms with van der Waals surface area (Å²) in [7, 11) is 0. The third-order valence-electron chi connectivity index (χ3n) is 5.01. The maximum absolute atomic E-state index is 4.89. The quantitative estimate of drug-likeness (QED) is 0.232. The third-order valence-corrected chi connectivity index (χ3v) is 6.25. The summed E-state index contributed by atoms with van der Waals surface area (Å²) in [4.78, 5) is 0. The van der Waals surface area contributed by atoms with Gasteiger partial charge in [-0.2, -0.15) is 0 Å². The van der Waals surface area contributed by atoms with Gasteiger partial charge in [0.05, 0.1) is 11.4 Å². The number of nitrogens with zero attached hydrogens (tertiary/aromatic N) is 2. The van der Waals surface area contributed by atoms with E-state index >= 15 is 0 Å². The smallest absolute Gasteiger partial charge is 0.0926 e. The van der Waals surface area contributed by atoms with Crippen LogP contribution in [0.1, 0.15) is 101 Å². The van der Waals surface area contributed by atoms with Crippen LogP contribution in [0.4, 0.5) is 11.4 Å². The standard InChI is InChI=1S/C24H32I2N2/c1-13(2)19-9-17(25)10-20(14(3)4)23(19)27-28-24-21(15(5)6)11-18(26)12-22(24)16(7)8/h9-16H,1-8H3/b28-27+. The average Bonchev–Trinajstić information content (AvgIpc) is 2.59. The number of halogens is 2. The first-order valence-corrected chi connectivity index (χ1v) is 12.3. The van der Waals surface area contributed by atoms with E-state index in [1.54, 1.807) is 0 Å². The summed E-state index contributed by atoms with van der Waals surface area (Å²) in [6.45, 7) is 17.9. The van der Waals surface area contributed by atoms with Crippen molar-refractivity contribution in [3.63, 3.8) is 0 Å². The van der Waals surface area contributed by atoms with Gasteiger partial charge in [-0.05, 0) is 115 Å². The van der Waals surface area contributed by atoms with E-state index in [1.165, 1.54) is 29.4 Å². The monoisotopic (exact) mass is 602 g/mol. The van der Waals surface area contributed by atoms with Crippen molar-refractivity contribution in [1.82, 2.24) is 0 Å². The highest BCUT2D eigenvalue weighted by Crippen LogP contribution is 2.41. The Hall–Kier alpha value is -0.500. The summed E-state index contributed by atoms with van der Waals surface area (Å²) in [6, 6.07) is 9.02. The fourth-order valence-corrected chi connectivity index (χ4v) is 4.72. The molecule has 0 radical (unpaired) electrons. The van der Waals surface area contributed by atoms with Crippen LogP contribution in [0.25, 0.3) is 0 Å². The maximum atomic E-state index is 4.89. The molecule has 0 aromatic heterocycles. The Morgan fingerprint density at radius 1 is 0.500 bits per heavy atom. The van der Waals surface area contributed by atoms with Crippen molar-refractivity contribution in [3.05, 3.63) is 53.7 Å². The predicted molar refractivity (Wildman–Crippen MR) is 139 cm³/mol. The molecular formula is C24H32I2N2. The van der Waals surface area contributed by atoms with Gasteiger partial charge in [-0.15, -0.1) is 10.2 Å². The van der Waals surface area contributed by atoms with Crippen molar-refractivity contribution in [2.24, 2.45) is 10.2 Å². The molecule has 4 heteroatoms. The lowest BCUT2D eigenvalue weighted by molar-refractivity contribution is 0.818. The van der Waals surface area contributed by atoms with Crippen LogP contribution in [0.2, 0.25) is 0 Å². The number of azo groups is 1. The van der Waals surface area contributed by atoms with E-state index in [0.717, 1.165) is 11.4 Å². The molecule has 0 aliphatic heterocycles. The van der Waals surface area contributed by atoms with Gasteiger partial charge in [0.25, 0.3) is 0 Å². The highest BCUT2D eigenvalue weighted by molar-refractivity contribution is 14.1. The lowest BCUT2D eigenvalue weighted by Gasteiger charge is -2.19. The molecule has 0 atom stereocenters. The molecule has 0 heterocycles. The van der Waals surface area contributed by atoms with Crippen molar-refractivity contribution in [3.8, 4) is 0 Å². The zero-order valence-corrected chi connectivity index (χ0v) is 22.6. The number of hydrogen-bond acceptors (Lipinski definition) is 2. The zero-order chi connectivity index (χ0) is 21.2. The maximum Gasteiger partial charge on any atom is 0.0926 e. The van der Waals surface area contributed by atoms with E-state index in [-0.39, 0.29) is 0 Å². The van der Waals surface area contributed by atoms with E-state index in [0.29, 0.717) is 23.7 Å². The zero-order valence-electron chi connectivity index (χ0n) is 18.3. The molecule has 0 amide bonds. The Labute approximate surface area is 198 Å². The van der Waals surface area contributed by atoms with Crippen LogP contribution in [0.15, 0.2) is 34.5 Å². The second kappa shape index (κ2) is 10.0. The number of benzene rings is 2. The van der Waals surface area contributed by atoms with Crippen LogP contribution in [-0.2, 0) is 0 Å². The fourth-order valence-electron chi connectivity index (χ4n) is 3.38. The van der Waals surface area contributed by atoms with Gasteiger partial charge in [-0.25, -0.2) is 0 Å². The van der Waals surface area contributed by atoms with Gasteiger partial charge in [0.15, 0.2) is 0 Å². The van der Waals surface area contributed by atoms with Crippen LogP contribution in [0.3, 0.4) is 0 Å². The Morgan fingerprint density at radius 3 is 0.893 bits per heavy atom. The van der Waals surface area contributed by atoms with E-state index in [2.05, 4.69) is 125 Å². The second-order valence-electron chi connectivity index (χ2n) is 8.68. The van der Waals surface area contributed by atoms with Gasteiger partial charge < -0.3 is 0 Å². The molecule has 2 rings (SSSR count). The van der Waals surface area contributed by atoms with Gasteiger partial charge in [0, 0.05) is 7.14 Å². The van der Waals surface area contributed by atoms with Gasteiger partial charge in [0.1, 0.15) is 0 Å². The molecule has 0 aliphatic carbocycles. The molecule has 0 saturated heterocycles. The molecule has 2 aromatic rings. The van der Waals surface area contributed by atoms with Gasteiger partial charge in [-0.1, -0.05) is 55.4 Å². The highest BCUT2D eigenvalue weighted by Gasteiger charge is 2.18. The lowest BCUT2D eigenvalue weighted by atomic mass is 9.92. The molecule has 28 heavy (non-hydrogen) atoms. The summed E-state index contributed by atoms with van der Waals surface area (Å²) in [5.41, 5.74) is 7.22. The summed E-state index contributed by atoms with van der Waals surface area (Å²) >= 11 is 4.83. The van der Waals surface area contributed by atoms with Crippen molar-refractivity contribution < 1.29 is 0 Å². The van der Waals surface area contributed by atoms with Gasteiger partial charge >= 0.3 is 0 Å². The number of rotatable bonds is 6. The molecule has 0 fully saturated rings. The predicted octanol–water partition coefficient (Wildman–Crippen LogP) is 9.80. The van der Waals surface area contributed by atoms with Crippen molar-refractivity contribution >= 4 is 56.6 Å². The molecule has 0 bridgehead atoms. The topological polar surface area (TPSA) is 24.7 Å². The minimum absolute atomic E-state index is 0.409. The summed E-state index contributed by atoms with van der Waals surface area (Å²) < 4.78 is 2.54. The fraction of sp³-hybridized carbons (Fsp3) is 0.500. The summed E-state index contributed by atoms with van der Waals surface area (Å²) in [5, 5.41) is 9.79. The van der Waals surface area contributed by atoms with Crippen molar-refractivity contribution in [2.75, 3.05) is 0 Å². The van der Waals surface area contributed by atoms with E-state index < -0.39 is 0 Å². The minimum atomic E-state index is 0.409. The van der Waals surface area contributed by atoms with Crippen LogP contribution in [0.5, 0.6) is 0 Å². The first kappa shape index (κ1) is 23.8. The largest absolute Gasteiger partial charge is 0.150 e. The van der Waals surface area contributed by atoms with Crippen LogP contribution in [-0.4, -0.2) is 0 Å². The molecule has 2 nitrogen and oxygen atoms in total. The first-order chi connectivity index (χ1) is 13.0.